The monoisotopic (exact) mass is 534 g/mol. The first-order chi connectivity index (χ1) is 14.5. The third kappa shape index (κ3) is 28.8. The molecule has 190 valence electrons. The van der Waals surface area contributed by atoms with Crippen molar-refractivity contribution in [3.05, 3.63) is 41.1 Å². The summed E-state index contributed by atoms with van der Waals surface area (Å²) in [4.78, 5) is 6.43. The molecule has 1 aliphatic rings. The van der Waals surface area contributed by atoms with Crippen LogP contribution in [0.15, 0.2) is 18.2 Å². The van der Waals surface area contributed by atoms with Gasteiger partial charge in [-0.1, -0.05) is 59.6 Å². The van der Waals surface area contributed by atoms with Crippen LogP contribution in [0.2, 0.25) is 0 Å². The standard InChI is InChI=1S/C9H18N.C9H12N.C6H16N2.C4H9.Na.Zn/c1-8(2)6-5-7-9(3,4)10-8;1-8-5-4-6-9(7-8)10(2)3;1-7(2)5-6-8(3)4;1-4(2)3;;/h5-7H2,1-4H3;5-7H,1-3H3;5-6H2,1-4H3;1-3H3;;/q2*-1;;-1;+1;+2. The second-order valence-electron chi connectivity index (χ2n) is 11.4. The molecule has 0 aliphatic carbocycles. The minimum Gasteiger partial charge on any atom is -0.652 e. The molecule has 0 radical (unpaired) electrons. The number of hydrogen-bond acceptors (Lipinski definition) is 3. The van der Waals surface area contributed by atoms with Crippen LogP contribution in [0.5, 0.6) is 0 Å². The zero-order chi connectivity index (χ0) is 25.5. The second-order valence-corrected chi connectivity index (χ2v) is 11.4. The molecule has 4 nitrogen and oxygen atoms in total. The Bertz CT molecular complexity index is 563. The van der Waals surface area contributed by atoms with Crippen molar-refractivity contribution >= 4 is 5.69 Å². The summed E-state index contributed by atoms with van der Waals surface area (Å²) in [5, 5.41) is 4.75. The van der Waals surface area contributed by atoms with Gasteiger partial charge in [-0.3, -0.25) is 0 Å². The van der Waals surface area contributed by atoms with Gasteiger partial charge < -0.3 is 25.9 Å². The van der Waals surface area contributed by atoms with Gasteiger partial charge in [0.1, 0.15) is 0 Å². The molecule has 0 aromatic heterocycles. The third-order valence-electron chi connectivity index (χ3n) is 4.61. The minimum absolute atomic E-state index is 0. The topological polar surface area (TPSA) is 23.8 Å². The number of rotatable bonds is 4. The van der Waals surface area contributed by atoms with E-state index in [0.717, 1.165) is 13.1 Å². The van der Waals surface area contributed by atoms with Crippen LogP contribution in [0, 0.1) is 18.9 Å². The largest absolute Gasteiger partial charge is 2.00 e. The van der Waals surface area contributed by atoms with Crippen LogP contribution in [0.25, 0.3) is 5.32 Å². The van der Waals surface area contributed by atoms with E-state index in [1.165, 1.54) is 36.4 Å². The van der Waals surface area contributed by atoms with Crippen molar-refractivity contribution < 1.29 is 49.0 Å². The molecule has 0 saturated carbocycles. The zero-order valence-corrected chi connectivity index (χ0v) is 30.7. The molecule has 1 aromatic carbocycles. The molecular weight excluding hydrogens is 481 g/mol. The predicted molar refractivity (Wildman–Crippen MR) is 147 cm³/mol. The predicted octanol–water partition coefficient (Wildman–Crippen LogP) is 3.69. The fraction of sp³-hybridized carbons (Fsp3) is 0.750. The molecule has 1 fully saturated rings. The van der Waals surface area contributed by atoms with Crippen LogP contribution in [-0.4, -0.2) is 76.3 Å². The average Bonchev–Trinajstić information content (AvgIpc) is 2.58. The molecule has 34 heavy (non-hydrogen) atoms. The molecule has 0 bridgehead atoms. The van der Waals surface area contributed by atoms with E-state index < -0.39 is 0 Å². The van der Waals surface area contributed by atoms with Crippen molar-refractivity contribution in [2.24, 2.45) is 0 Å². The van der Waals surface area contributed by atoms with E-state index in [4.69, 9.17) is 5.32 Å². The summed E-state index contributed by atoms with van der Waals surface area (Å²) in [6.07, 6.45) is 3.86. The fourth-order valence-corrected chi connectivity index (χ4v) is 3.12. The summed E-state index contributed by atoms with van der Waals surface area (Å²) in [5.41, 5.74) is 2.94. The zero-order valence-electron chi connectivity index (χ0n) is 25.8. The summed E-state index contributed by atoms with van der Waals surface area (Å²) in [6, 6.07) is 9.16. The van der Waals surface area contributed by atoms with E-state index in [2.05, 4.69) is 110 Å². The Kier molecular flexibility index (Phi) is 26.4. The van der Waals surface area contributed by atoms with E-state index in [1.54, 1.807) is 0 Å². The molecule has 6 heteroatoms. The van der Waals surface area contributed by atoms with Gasteiger partial charge in [-0.05, 0) is 42.3 Å². The van der Waals surface area contributed by atoms with Crippen LogP contribution in [0.1, 0.15) is 73.3 Å². The van der Waals surface area contributed by atoms with Crippen molar-refractivity contribution in [2.75, 3.05) is 60.3 Å². The Balaban J connectivity index is -0.000000180. The van der Waals surface area contributed by atoms with E-state index in [9.17, 15) is 0 Å². The third-order valence-corrected chi connectivity index (χ3v) is 4.61. The molecule has 1 heterocycles. The van der Waals surface area contributed by atoms with Crippen molar-refractivity contribution in [3.63, 3.8) is 0 Å². The molecule has 0 atom stereocenters. The molecule has 0 N–H and O–H groups in total. The van der Waals surface area contributed by atoms with Crippen molar-refractivity contribution in [1.29, 1.82) is 0 Å². The quantitative estimate of drug-likeness (QED) is 0.434. The van der Waals surface area contributed by atoms with Gasteiger partial charge in [0, 0.05) is 13.1 Å². The average molecular weight is 536 g/mol. The molecule has 0 amide bonds. The van der Waals surface area contributed by atoms with Gasteiger partial charge in [-0.25, -0.2) is 0 Å². The van der Waals surface area contributed by atoms with Gasteiger partial charge >= 0.3 is 49.0 Å². The Morgan fingerprint density at radius 3 is 1.44 bits per heavy atom. The molecule has 0 unspecified atom stereocenters. The molecule has 0 spiro atoms. The van der Waals surface area contributed by atoms with Crippen LogP contribution in [-0.2, 0) is 19.5 Å². The van der Waals surface area contributed by atoms with Crippen LogP contribution in [0.3, 0.4) is 0 Å². The Hall–Kier alpha value is 0.523. The first-order valence-corrected chi connectivity index (χ1v) is 11.9. The van der Waals surface area contributed by atoms with E-state index in [-0.39, 0.29) is 60.1 Å². The first kappa shape index (κ1) is 41.6. The van der Waals surface area contributed by atoms with Gasteiger partial charge in [0.15, 0.2) is 0 Å². The summed E-state index contributed by atoms with van der Waals surface area (Å²) < 4.78 is 0. The first-order valence-electron chi connectivity index (χ1n) is 11.9. The number of hydrogen-bond donors (Lipinski definition) is 0. The molecular formula is C28H55N4NaZn. The van der Waals surface area contributed by atoms with Gasteiger partial charge in [0.05, 0.1) is 0 Å². The number of likely N-dealkylation sites (N-methyl/N-ethyl adjacent to an activating group) is 2. The van der Waals surface area contributed by atoms with E-state index >= 15 is 0 Å². The second kappa shape index (κ2) is 21.6. The molecule has 1 aliphatic heterocycles. The van der Waals surface area contributed by atoms with Crippen LogP contribution >= 0.6 is 0 Å². The Labute approximate surface area is 250 Å². The molecule has 1 saturated heterocycles. The summed E-state index contributed by atoms with van der Waals surface area (Å²) in [6.45, 7) is 19.5. The van der Waals surface area contributed by atoms with Crippen LogP contribution in [0.4, 0.5) is 5.69 Å². The van der Waals surface area contributed by atoms with Crippen molar-refractivity contribution in [1.82, 2.24) is 9.80 Å². The summed E-state index contributed by atoms with van der Waals surface area (Å²) in [5.74, 6) is 1.42. The summed E-state index contributed by atoms with van der Waals surface area (Å²) in [7, 11) is 12.4. The maximum Gasteiger partial charge on any atom is 2.00 e. The summed E-state index contributed by atoms with van der Waals surface area (Å²) >= 11 is 0. The van der Waals surface area contributed by atoms with Gasteiger partial charge in [0.2, 0.25) is 0 Å². The number of nitrogens with zero attached hydrogens (tertiary/aromatic N) is 4. The molecule has 1 aromatic rings. The van der Waals surface area contributed by atoms with E-state index in [1.807, 2.05) is 26.2 Å². The van der Waals surface area contributed by atoms with Crippen molar-refractivity contribution in [3.8, 4) is 0 Å². The number of benzene rings is 1. The number of aryl methyl sites for hydroxylation is 1. The van der Waals surface area contributed by atoms with E-state index in [0.29, 0.717) is 0 Å². The Morgan fingerprint density at radius 2 is 1.24 bits per heavy atom. The SMILES string of the molecule is CC1(C)CCCC(C)(C)[N-]1.CN(C)CCN(C)C.C[C-](C)C.Cc1c[c-]cc(N(C)C)c1.[Na+].[Zn+2]. The van der Waals surface area contributed by atoms with Crippen molar-refractivity contribution in [2.45, 2.75) is 85.7 Å². The smallest absolute Gasteiger partial charge is 0.652 e. The Morgan fingerprint density at radius 1 is 0.853 bits per heavy atom. The van der Waals surface area contributed by atoms with Gasteiger partial charge in [0.25, 0.3) is 0 Å². The van der Waals surface area contributed by atoms with Gasteiger partial charge in [-0.15, -0.1) is 17.1 Å². The number of piperidine rings is 1. The minimum atomic E-state index is 0. The maximum atomic E-state index is 4.75. The normalized spacial score (nSPS) is 15.3. The maximum absolute atomic E-state index is 4.75. The number of anilines is 1. The molecule has 2 rings (SSSR count). The fourth-order valence-electron chi connectivity index (χ4n) is 3.12. The van der Waals surface area contributed by atoms with Crippen LogP contribution < -0.4 is 34.5 Å². The van der Waals surface area contributed by atoms with Gasteiger partial charge in [-0.2, -0.15) is 44.5 Å².